The number of rotatable bonds is 2. The van der Waals surface area contributed by atoms with Crippen molar-refractivity contribution in [1.29, 1.82) is 0 Å². The number of epoxide rings is 1. The maximum atomic E-state index is 10.0. The monoisotopic (exact) mass is 263 g/mol. The third-order valence-electron chi connectivity index (χ3n) is 4.14. The summed E-state index contributed by atoms with van der Waals surface area (Å²) in [4.78, 5) is 12.3. The average Bonchev–Trinajstić information content (AvgIpc) is 2.89. The van der Waals surface area contributed by atoms with Crippen LogP contribution in [0.1, 0.15) is 12.5 Å². The fraction of sp³-hybridized carbons (Fsp3) is 0.545. The summed E-state index contributed by atoms with van der Waals surface area (Å²) in [6.45, 7) is -0.181. The van der Waals surface area contributed by atoms with E-state index in [0.717, 1.165) is 0 Å². The van der Waals surface area contributed by atoms with E-state index in [1.54, 1.807) is 6.33 Å². The maximum absolute atomic E-state index is 10.0. The van der Waals surface area contributed by atoms with Gasteiger partial charge in [-0.25, -0.2) is 15.0 Å². The summed E-state index contributed by atoms with van der Waals surface area (Å²) < 4.78 is 7.33. The summed E-state index contributed by atoms with van der Waals surface area (Å²) in [5.74, 6) is 0.326. The number of aliphatic hydroxyl groups is 2. The summed E-state index contributed by atoms with van der Waals surface area (Å²) in [7, 11) is 0. The Hall–Kier alpha value is -1.77. The zero-order valence-corrected chi connectivity index (χ0v) is 9.97. The topological polar surface area (TPSA) is 123 Å². The molecule has 0 amide bonds. The third kappa shape index (κ3) is 1.25. The molecule has 0 radical (unpaired) electrons. The molecule has 0 spiro atoms. The molecule has 1 saturated carbocycles. The Balaban J connectivity index is 1.79. The first-order valence-electron chi connectivity index (χ1n) is 6.07. The fourth-order valence-electron chi connectivity index (χ4n) is 3.03. The standard InChI is InChI=1S/C11H13N5O3/c12-9-7-10(14-3-13-9)16(4-15-7)5-1-6(18)11(2-17)8(5)19-11/h3-6,8,17-18H,1-2H2,(H2,12,13,14)/t5-,6-,8+,11-/m0/s1. The molecule has 1 aliphatic carbocycles. The van der Waals surface area contributed by atoms with E-state index in [2.05, 4.69) is 15.0 Å². The summed E-state index contributed by atoms with van der Waals surface area (Å²) in [6, 6.07) is -0.0959. The van der Waals surface area contributed by atoms with Crippen LogP contribution in [0.3, 0.4) is 0 Å². The first kappa shape index (κ1) is 11.1. The van der Waals surface area contributed by atoms with Crippen LogP contribution in [0, 0.1) is 0 Å². The average molecular weight is 263 g/mol. The Kier molecular flexibility index (Phi) is 1.99. The molecule has 2 aromatic heterocycles. The first-order chi connectivity index (χ1) is 9.17. The van der Waals surface area contributed by atoms with Crippen LogP contribution in [-0.2, 0) is 4.74 Å². The molecule has 4 N–H and O–H groups in total. The highest BCUT2D eigenvalue weighted by molar-refractivity contribution is 5.81. The van der Waals surface area contributed by atoms with Gasteiger partial charge in [0.15, 0.2) is 11.5 Å². The van der Waals surface area contributed by atoms with Crippen LogP contribution < -0.4 is 5.73 Å². The van der Waals surface area contributed by atoms with E-state index in [4.69, 9.17) is 10.5 Å². The summed E-state index contributed by atoms with van der Waals surface area (Å²) in [6.07, 6.45) is 2.63. The molecule has 8 nitrogen and oxygen atoms in total. The van der Waals surface area contributed by atoms with Gasteiger partial charge >= 0.3 is 0 Å². The Morgan fingerprint density at radius 1 is 1.47 bits per heavy atom. The molecule has 4 rings (SSSR count). The fourth-order valence-corrected chi connectivity index (χ4v) is 3.03. The number of hydrogen-bond donors (Lipinski definition) is 3. The number of imidazole rings is 1. The molecule has 2 fully saturated rings. The van der Waals surface area contributed by atoms with Crippen LogP contribution >= 0.6 is 0 Å². The number of ether oxygens (including phenoxy) is 1. The molecule has 2 aliphatic rings. The van der Waals surface area contributed by atoms with Crippen molar-refractivity contribution in [3.63, 3.8) is 0 Å². The number of nitrogen functional groups attached to an aromatic ring is 1. The molecular weight excluding hydrogens is 250 g/mol. The van der Waals surface area contributed by atoms with Crippen LogP contribution in [0.2, 0.25) is 0 Å². The van der Waals surface area contributed by atoms with E-state index in [1.165, 1.54) is 6.33 Å². The molecule has 1 aliphatic heterocycles. The van der Waals surface area contributed by atoms with Gasteiger partial charge in [0, 0.05) is 0 Å². The van der Waals surface area contributed by atoms with Crippen LogP contribution in [0.25, 0.3) is 11.2 Å². The van der Waals surface area contributed by atoms with E-state index in [-0.39, 0.29) is 18.8 Å². The molecule has 3 heterocycles. The van der Waals surface area contributed by atoms with Gasteiger partial charge in [-0.2, -0.15) is 0 Å². The predicted molar refractivity (Wildman–Crippen MR) is 64.1 cm³/mol. The quantitative estimate of drug-likeness (QED) is 0.584. The minimum absolute atomic E-state index is 0.0959. The predicted octanol–water partition coefficient (Wildman–Crippen LogP) is -1.16. The number of hydrogen-bond acceptors (Lipinski definition) is 7. The number of fused-ring (bicyclic) bond motifs is 2. The van der Waals surface area contributed by atoms with Crippen LogP contribution in [-0.4, -0.2) is 54.1 Å². The normalized spacial score (nSPS) is 36.6. The largest absolute Gasteiger partial charge is 0.393 e. The second-order valence-corrected chi connectivity index (χ2v) is 5.05. The maximum Gasteiger partial charge on any atom is 0.165 e. The highest BCUT2D eigenvalue weighted by atomic mass is 16.6. The molecule has 2 aromatic rings. The summed E-state index contributed by atoms with van der Waals surface area (Å²) >= 11 is 0. The molecule has 1 saturated heterocycles. The van der Waals surface area contributed by atoms with E-state index >= 15 is 0 Å². The van der Waals surface area contributed by atoms with Crippen molar-refractivity contribution in [2.45, 2.75) is 30.3 Å². The molecule has 19 heavy (non-hydrogen) atoms. The van der Waals surface area contributed by atoms with E-state index < -0.39 is 11.7 Å². The Morgan fingerprint density at radius 3 is 3.00 bits per heavy atom. The SMILES string of the molecule is Nc1ncnc2c1ncn2[C@H]1C[C@H](O)[C@]2(CO)O[C@H]12. The van der Waals surface area contributed by atoms with Gasteiger partial charge in [-0.1, -0.05) is 0 Å². The lowest BCUT2D eigenvalue weighted by atomic mass is 10.1. The number of aromatic nitrogens is 4. The molecular formula is C11H13N5O3. The van der Waals surface area contributed by atoms with Gasteiger partial charge in [-0.05, 0) is 6.42 Å². The smallest absolute Gasteiger partial charge is 0.165 e. The van der Waals surface area contributed by atoms with Crippen molar-refractivity contribution in [3.8, 4) is 0 Å². The minimum atomic E-state index is -0.806. The summed E-state index contributed by atoms with van der Waals surface area (Å²) in [5.41, 5.74) is 6.10. The molecule has 0 unspecified atom stereocenters. The van der Waals surface area contributed by atoms with Crippen molar-refractivity contribution in [1.82, 2.24) is 19.5 Å². The van der Waals surface area contributed by atoms with Crippen molar-refractivity contribution in [2.75, 3.05) is 12.3 Å². The van der Waals surface area contributed by atoms with Gasteiger partial charge in [0.25, 0.3) is 0 Å². The lowest BCUT2D eigenvalue weighted by Crippen LogP contribution is -2.30. The van der Waals surface area contributed by atoms with E-state index in [9.17, 15) is 10.2 Å². The van der Waals surface area contributed by atoms with E-state index in [1.807, 2.05) is 4.57 Å². The number of anilines is 1. The molecule has 100 valence electrons. The minimum Gasteiger partial charge on any atom is -0.393 e. The zero-order valence-electron chi connectivity index (χ0n) is 9.97. The van der Waals surface area contributed by atoms with Gasteiger partial charge in [-0.15, -0.1) is 0 Å². The van der Waals surface area contributed by atoms with Gasteiger partial charge < -0.3 is 25.3 Å². The van der Waals surface area contributed by atoms with Crippen molar-refractivity contribution >= 4 is 17.0 Å². The highest BCUT2D eigenvalue weighted by Crippen LogP contribution is 2.55. The van der Waals surface area contributed by atoms with E-state index in [0.29, 0.717) is 23.4 Å². The number of nitrogens with zero attached hydrogens (tertiary/aromatic N) is 4. The van der Waals surface area contributed by atoms with Crippen LogP contribution in [0.5, 0.6) is 0 Å². The Morgan fingerprint density at radius 2 is 2.32 bits per heavy atom. The van der Waals surface area contributed by atoms with Crippen LogP contribution in [0.15, 0.2) is 12.7 Å². The Bertz CT molecular complexity index is 659. The van der Waals surface area contributed by atoms with Gasteiger partial charge in [0.2, 0.25) is 0 Å². The van der Waals surface area contributed by atoms with Gasteiger partial charge in [-0.3, -0.25) is 0 Å². The molecule has 0 bridgehead atoms. The second kappa shape index (κ2) is 3.41. The lowest BCUT2D eigenvalue weighted by Gasteiger charge is -2.15. The molecule has 8 heteroatoms. The van der Waals surface area contributed by atoms with Crippen molar-refractivity contribution in [3.05, 3.63) is 12.7 Å². The second-order valence-electron chi connectivity index (χ2n) is 5.05. The summed E-state index contributed by atoms with van der Waals surface area (Å²) in [5, 5.41) is 19.4. The lowest BCUT2D eigenvalue weighted by molar-refractivity contribution is 0.0243. The number of aliphatic hydroxyl groups excluding tert-OH is 2. The van der Waals surface area contributed by atoms with Gasteiger partial charge in [0.05, 0.1) is 25.1 Å². The van der Waals surface area contributed by atoms with Crippen molar-refractivity contribution < 1.29 is 14.9 Å². The van der Waals surface area contributed by atoms with Gasteiger partial charge in [0.1, 0.15) is 23.5 Å². The highest BCUT2D eigenvalue weighted by Gasteiger charge is 2.70. The Labute approximate surface area is 107 Å². The third-order valence-corrected chi connectivity index (χ3v) is 4.14. The molecule has 0 aromatic carbocycles. The zero-order chi connectivity index (χ0) is 13.2. The van der Waals surface area contributed by atoms with Crippen LogP contribution in [0.4, 0.5) is 5.82 Å². The van der Waals surface area contributed by atoms with Crippen molar-refractivity contribution in [2.24, 2.45) is 0 Å². The number of nitrogens with two attached hydrogens (primary N) is 1. The first-order valence-corrected chi connectivity index (χ1v) is 6.07. The molecule has 4 atom stereocenters.